The molecule has 1 rings (SSSR count). The van der Waals surface area contributed by atoms with Gasteiger partial charge in [0.1, 0.15) is 5.75 Å². The van der Waals surface area contributed by atoms with E-state index in [0.717, 1.165) is 29.6 Å². The molecular weight excluding hydrogens is 290 g/mol. The molecule has 18 heavy (non-hydrogen) atoms. The van der Waals surface area contributed by atoms with Crippen LogP contribution in [0.4, 0.5) is 0 Å². The van der Waals surface area contributed by atoms with Crippen LogP contribution in [0.3, 0.4) is 0 Å². The van der Waals surface area contributed by atoms with E-state index in [9.17, 15) is 0 Å². The van der Waals surface area contributed by atoms with Gasteiger partial charge in [0.2, 0.25) is 0 Å². The molecule has 0 heterocycles. The lowest BCUT2D eigenvalue weighted by atomic mass is 10.0. The number of rotatable bonds is 8. The third kappa shape index (κ3) is 4.99. The van der Waals surface area contributed by atoms with Crippen LogP contribution >= 0.6 is 15.9 Å². The molecule has 102 valence electrons. The third-order valence-electron chi connectivity index (χ3n) is 3.13. The van der Waals surface area contributed by atoms with E-state index in [1.54, 1.807) is 7.11 Å². The van der Waals surface area contributed by atoms with E-state index in [1.165, 1.54) is 18.4 Å². The van der Waals surface area contributed by atoms with Gasteiger partial charge in [0, 0.05) is 10.5 Å². The summed E-state index contributed by atoms with van der Waals surface area (Å²) in [6, 6.07) is 6.83. The topological polar surface area (TPSA) is 21.3 Å². The minimum absolute atomic E-state index is 0.615. The predicted octanol–water partition coefficient (Wildman–Crippen LogP) is 4.17. The van der Waals surface area contributed by atoms with Crippen LogP contribution in [0.15, 0.2) is 22.7 Å². The molecule has 1 atom stereocenters. The van der Waals surface area contributed by atoms with Crippen molar-refractivity contribution in [3.63, 3.8) is 0 Å². The quantitative estimate of drug-likeness (QED) is 0.777. The molecule has 1 aromatic carbocycles. The normalized spacial score (nSPS) is 12.4. The van der Waals surface area contributed by atoms with E-state index in [0.29, 0.717) is 6.04 Å². The van der Waals surface area contributed by atoms with Crippen molar-refractivity contribution in [3.05, 3.63) is 28.2 Å². The highest BCUT2D eigenvalue weighted by Crippen LogP contribution is 2.24. The van der Waals surface area contributed by atoms with Crippen molar-refractivity contribution in [3.8, 4) is 5.75 Å². The van der Waals surface area contributed by atoms with Crippen LogP contribution in [0.5, 0.6) is 5.75 Å². The number of halogens is 1. The fourth-order valence-corrected chi connectivity index (χ4v) is 2.67. The maximum absolute atomic E-state index is 5.41. The molecule has 0 aliphatic carbocycles. The molecule has 1 N–H and O–H groups in total. The number of benzene rings is 1. The largest absolute Gasteiger partial charge is 0.496 e. The zero-order chi connectivity index (χ0) is 13.4. The Morgan fingerprint density at radius 2 is 2.06 bits per heavy atom. The van der Waals surface area contributed by atoms with Crippen molar-refractivity contribution in [1.82, 2.24) is 5.32 Å². The van der Waals surface area contributed by atoms with Crippen molar-refractivity contribution in [1.29, 1.82) is 0 Å². The van der Waals surface area contributed by atoms with Gasteiger partial charge in [-0.3, -0.25) is 0 Å². The van der Waals surface area contributed by atoms with Crippen LogP contribution in [-0.4, -0.2) is 19.7 Å². The summed E-state index contributed by atoms with van der Waals surface area (Å²) in [5.74, 6) is 0.991. The number of hydrogen-bond donors (Lipinski definition) is 1. The summed E-state index contributed by atoms with van der Waals surface area (Å²) >= 11 is 3.52. The summed E-state index contributed by atoms with van der Waals surface area (Å²) in [6.07, 6.45) is 4.69. The Balaban J connectivity index is 2.62. The zero-order valence-electron chi connectivity index (χ0n) is 11.6. The van der Waals surface area contributed by atoms with Gasteiger partial charge in [0.15, 0.2) is 0 Å². The molecule has 2 nitrogen and oxygen atoms in total. The van der Waals surface area contributed by atoms with Crippen molar-refractivity contribution >= 4 is 15.9 Å². The van der Waals surface area contributed by atoms with Crippen molar-refractivity contribution in [2.24, 2.45) is 0 Å². The third-order valence-corrected chi connectivity index (χ3v) is 3.63. The summed E-state index contributed by atoms with van der Waals surface area (Å²) < 4.78 is 6.53. The number of methoxy groups -OCH3 is 1. The van der Waals surface area contributed by atoms with Crippen LogP contribution in [-0.2, 0) is 6.42 Å². The fourth-order valence-electron chi connectivity index (χ4n) is 2.26. The smallest absolute Gasteiger partial charge is 0.122 e. The van der Waals surface area contributed by atoms with Crippen LogP contribution in [0.25, 0.3) is 0 Å². The average Bonchev–Trinajstić information content (AvgIpc) is 2.36. The fraction of sp³-hybridized carbons (Fsp3) is 0.600. The Hall–Kier alpha value is -0.540. The van der Waals surface area contributed by atoms with Crippen LogP contribution < -0.4 is 10.1 Å². The summed E-state index contributed by atoms with van der Waals surface area (Å²) in [7, 11) is 1.74. The molecule has 0 saturated carbocycles. The first-order chi connectivity index (χ1) is 8.71. The molecule has 0 aromatic heterocycles. The van der Waals surface area contributed by atoms with Crippen LogP contribution in [0, 0.1) is 0 Å². The van der Waals surface area contributed by atoms with Gasteiger partial charge < -0.3 is 10.1 Å². The average molecular weight is 314 g/mol. The Bertz CT molecular complexity index is 348. The van der Waals surface area contributed by atoms with Gasteiger partial charge in [-0.15, -0.1) is 0 Å². The van der Waals surface area contributed by atoms with Gasteiger partial charge >= 0.3 is 0 Å². The van der Waals surface area contributed by atoms with E-state index in [-0.39, 0.29) is 0 Å². The molecule has 0 aliphatic heterocycles. The molecule has 0 fully saturated rings. The second-order valence-corrected chi connectivity index (χ2v) is 5.45. The van der Waals surface area contributed by atoms with E-state index < -0.39 is 0 Å². The molecule has 1 unspecified atom stereocenters. The minimum Gasteiger partial charge on any atom is -0.496 e. The maximum atomic E-state index is 5.41. The Morgan fingerprint density at radius 1 is 1.28 bits per heavy atom. The van der Waals surface area contributed by atoms with Gasteiger partial charge in [-0.1, -0.05) is 36.2 Å². The van der Waals surface area contributed by atoms with Gasteiger partial charge in [-0.25, -0.2) is 0 Å². The van der Waals surface area contributed by atoms with E-state index in [2.05, 4.69) is 41.2 Å². The Kier molecular flexibility index (Phi) is 7.36. The Morgan fingerprint density at radius 3 is 2.67 bits per heavy atom. The summed E-state index contributed by atoms with van der Waals surface area (Å²) in [5, 5.41) is 3.55. The maximum Gasteiger partial charge on any atom is 0.122 e. The lowest BCUT2D eigenvalue weighted by molar-refractivity contribution is 0.404. The van der Waals surface area contributed by atoms with Gasteiger partial charge in [-0.05, 0) is 49.6 Å². The second-order valence-electron chi connectivity index (χ2n) is 4.54. The zero-order valence-corrected chi connectivity index (χ0v) is 13.2. The lowest BCUT2D eigenvalue weighted by Crippen LogP contribution is -2.29. The second kappa shape index (κ2) is 8.54. The SMILES string of the molecule is CCCC(CCc1cc(Br)ccc1OC)NCC. The minimum atomic E-state index is 0.615. The molecule has 0 aliphatic rings. The Labute approximate surface area is 119 Å². The molecule has 0 saturated heterocycles. The summed E-state index contributed by atoms with van der Waals surface area (Å²) in [5.41, 5.74) is 1.28. The molecular formula is C15H24BrNO. The number of aryl methyl sites for hydroxylation is 1. The summed E-state index contributed by atoms with van der Waals surface area (Å²) in [4.78, 5) is 0. The molecule has 0 spiro atoms. The van der Waals surface area contributed by atoms with Crippen molar-refractivity contribution in [2.45, 2.75) is 45.6 Å². The number of hydrogen-bond acceptors (Lipinski definition) is 2. The first-order valence-corrected chi connectivity index (χ1v) is 7.56. The molecule has 0 amide bonds. The van der Waals surface area contributed by atoms with Crippen molar-refractivity contribution in [2.75, 3.05) is 13.7 Å². The van der Waals surface area contributed by atoms with Gasteiger partial charge in [0.05, 0.1) is 7.11 Å². The highest BCUT2D eigenvalue weighted by atomic mass is 79.9. The van der Waals surface area contributed by atoms with Crippen molar-refractivity contribution < 1.29 is 4.74 Å². The van der Waals surface area contributed by atoms with Crippen LogP contribution in [0.2, 0.25) is 0 Å². The standard InChI is InChI=1S/C15H24BrNO/c1-4-6-14(17-5-2)9-7-12-11-13(16)8-10-15(12)18-3/h8,10-11,14,17H,4-7,9H2,1-3H3. The van der Waals surface area contributed by atoms with Gasteiger partial charge in [-0.2, -0.15) is 0 Å². The van der Waals surface area contributed by atoms with E-state index >= 15 is 0 Å². The molecule has 3 heteroatoms. The molecule has 1 aromatic rings. The lowest BCUT2D eigenvalue weighted by Gasteiger charge is -2.18. The van der Waals surface area contributed by atoms with Crippen LogP contribution in [0.1, 0.15) is 38.7 Å². The first kappa shape index (κ1) is 15.5. The van der Waals surface area contributed by atoms with E-state index in [1.807, 2.05) is 12.1 Å². The molecule has 0 radical (unpaired) electrons. The highest BCUT2D eigenvalue weighted by Gasteiger charge is 2.09. The van der Waals surface area contributed by atoms with Gasteiger partial charge in [0.25, 0.3) is 0 Å². The molecule has 0 bridgehead atoms. The number of nitrogens with one attached hydrogen (secondary N) is 1. The monoisotopic (exact) mass is 313 g/mol. The highest BCUT2D eigenvalue weighted by molar-refractivity contribution is 9.10. The van der Waals surface area contributed by atoms with E-state index in [4.69, 9.17) is 4.74 Å². The predicted molar refractivity (Wildman–Crippen MR) is 81.4 cm³/mol. The summed E-state index contributed by atoms with van der Waals surface area (Å²) in [6.45, 7) is 5.45. The first-order valence-electron chi connectivity index (χ1n) is 6.77. The number of ether oxygens (including phenoxy) is 1.